The molecule has 1 nitrogen and oxygen atoms in total. The highest BCUT2D eigenvalue weighted by Crippen LogP contribution is 2.22. The van der Waals surface area contributed by atoms with Crippen molar-refractivity contribution in [1.29, 1.82) is 0 Å². The maximum Gasteiger partial charge on any atom is 0.123 e. The van der Waals surface area contributed by atoms with Gasteiger partial charge in [0, 0.05) is 22.0 Å². The fourth-order valence-electron chi connectivity index (χ4n) is 1.49. The summed E-state index contributed by atoms with van der Waals surface area (Å²) < 4.78 is 13.8. The lowest BCUT2D eigenvalue weighted by Gasteiger charge is -2.05. The molecule has 0 atom stereocenters. The summed E-state index contributed by atoms with van der Waals surface area (Å²) >= 11 is 5.06. The Kier molecular flexibility index (Phi) is 2.64. The van der Waals surface area contributed by atoms with Gasteiger partial charge >= 0.3 is 0 Å². The highest BCUT2D eigenvalue weighted by Gasteiger charge is 2.03. The molecule has 3 heteroatoms. The van der Waals surface area contributed by atoms with Crippen LogP contribution in [0.1, 0.15) is 5.56 Å². The van der Waals surface area contributed by atoms with E-state index in [1.165, 1.54) is 12.1 Å². The zero-order valence-electron chi connectivity index (χ0n) is 8.25. The molecule has 0 radical (unpaired) electrons. The number of benzene rings is 1. The van der Waals surface area contributed by atoms with E-state index in [0.717, 1.165) is 21.3 Å². The molecule has 1 aromatic heterocycles. The molecule has 0 saturated heterocycles. The molecule has 0 unspecified atom stereocenters. The molecule has 0 spiro atoms. The molecule has 2 aromatic rings. The van der Waals surface area contributed by atoms with Crippen molar-refractivity contribution >= 4 is 12.2 Å². The predicted octanol–water partition coefficient (Wildman–Crippen LogP) is 3.86. The average molecular weight is 219 g/mol. The summed E-state index contributed by atoms with van der Waals surface area (Å²) in [5.74, 6) is -0.237. The van der Waals surface area contributed by atoms with E-state index < -0.39 is 0 Å². The summed E-state index contributed by atoms with van der Waals surface area (Å²) in [5.41, 5.74) is 2.72. The van der Waals surface area contributed by atoms with Crippen LogP contribution in [0.15, 0.2) is 36.5 Å². The van der Waals surface area contributed by atoms with Gasteiger partial charge in [-0.05, 0) is 36.8 Å². The quantitative estimate of drug-likeness (QED) is 0.720. The summed E-state index contributed by atoms with van der Waals surface area (Å²) in [6.07, 6.45) is 1.77. The molecule has 2 rings (SSSR count). The van der Waals surface area contributed by atoms with Crippen LogP contribution in [0.5, 0.6) is 0 Å². The molecule has 0 aliphatic rings. The van der Waals surface area contributed by atoms with Crippen molar-refractivity contribution in [3.8, 4) is 11.3 Å². The molecule has 0 aliphatic heterocycles. The van der Waals surface area contributed by atoms with Crippen molar-refractivity contribution in [3.63, 3.8) is 0 Å². The van der Waals surface area contributed by atoms with Gasteiger partial charge in [0.1, 0.15) is 5.82 Å². The van der Waals surface area contributed by atoms with E-state index in [-0.39, 0.29) is 5.82 Å². The number of hydrogen-bond donors (Lipinski definition) is 1. The van der Waals surface area contributed by atoms with Crippen LogP contribution in [0, 0.1) is 17.3 Å². The van der Waals surface area contributed by atoms with E-state index in [1.54, 1.807) is 18.3 Å². The van der Waals surface area contributed by atoms with Crippen LogP contribution in [0.3, 0.4) is 0 Å². The second kappa shape index (κ2) is 3.95. The van der Waals surface area contributed by atoms with E-state index in [2.05, 4.69) is 4.98 Å². The van der Waals surface area contributed by atoms with Gasteiger partial charge in [-0.2, -0.15) is 0 Å². The molecular formula is C12H10FNS. The normalized spacial score (nSPS) is 10.3. The van der Waals surface area contributed by atoms with Gasteiger partial charge < -0.3 is 4.98 Å². The third-order valence-corrected chi connectivity index (χ3v) is 2.52. The minimum atomic E-state index is -0.237. The van der Waals surface area contributed by atoms with E-state index in [0.29, 0.717) is 0 Å². The van der Waals surface area contributed by atoms with Crippen molar-refractivity contribution < 1.29 is 4.39 Å². The van der Waals surface area contributed by atoms with Crippen LogP contribution >= 0.6 is 12.2 Å². The molecule has 1 aromatic carbocycles. The Morgan fingerprint density at radius 3 is 2.73 bits per heavy atom. The van der Waals surface area contributed by atoms with Crippen molar-refractivity contribution in [2.24, 2.45) is 0 Å². The van der Waals surface area contributed by atoms with Gasteiger partial charge in [0.2, 0.25) is 0 Å². The van der Waals surface area contributed by atoms with Crippen molar-refractivity contribution in [2.45, 2.75) is 6.92 Å². The van der Waals surface area contributed by atoms with Gasteiger partial charge in [-0.15, -0.1) is 0 Å². The predicted molar refractivity (Wildman–Crippen MR) is 61.8 cm³/mol. The Hall–Kier alpha value is -1.48. The van der Waals surface area contributed by atoms with Gasteiger partial charge in [-0.1, -0.05) is 18.3 Å². The van der Waals surface area contributed by atoms with Crippen LogP contribution < -0.4 is 0 Å². The first-order valence-electron chi connectivity index (χ1n) is 4.62. The summed E-state index contributed by atoms with van der Waals surface area (Å²) in [7, 11) is 0. The van der Waals surface area contributed by atoms with Crippen LogP contribution in [0.4, 0.5) is 4.39 Å². The zero-order valence-corrected chi connectivity index (χ0v) is 9.07. The number of rotatable bonds is 1. The minimum Gasteiger partial charge on any atom is -0.361 e. The monoisotopic (exact) mass is 219 g/mol. The second-order valence-electron chi connectivity index (χ2n) is 3.40. The Labute approximate surface area is 92.6 Å². The maximum atomic E-state index is 13.1. The smallest absolute Gasteiger partial charge is 0.123 e. The lowest BCUT2D eigenvalue weighted by molar-refractivity contribution is 0.628. The molecule has 0 fully saturated rings. The Balaban J connectivity index is 2.63. The molecule has 1 N–H and O–H groups in total. The lowest BCUT2D eigenvalue weighted by atomic mass is 10.1. The number of nitrogens with one attached hydrogen (secondary N) is 1. The van der Waals surface area contributed by atoms with Crippen LogP contribution in [0.25, 0.3) is 11.3 Å². The van der Waals surface area contributed by atoms with E-state index in [1.807, 2.05) is 13.0 Å². The van der Waals surface area contributed by atoms with Crippen LogP contribution in [-0.4, -0.2) is 4.98 Å². The maximum absolute atomic E-state index is 13.1. The van der Waals surface area contributed by atoms with Gasteiger partial charge in [-0.25, -0.2) is 4.39 Å². The average Bonchev–Trinajstić information content (AvgIpc) is 2.22. The number of aromatic nitrogens is 1. The Morgan fingerprint density at radius 1 is 1.20 bits per heavy atom. The topological polar surface area (TPSA) is 15.8 Å². The highest BCUT2D eigenvalue weighted by molar-refractivity contribution is 7.71. The molecule has 0 saturated carbocycles. The molecule has 0 aliphatic carbocycles. The summed E-state index contributed by atoms with van der Waals surface area (Å²) in [6, 6.07) is 8.35. The fourth-order valence-corrected chi connectivity index (χ4v) is 1.67. The van der Waals surface area contributed by atoms with Crippen molar-refractivity contribution in [2.75, 3.05) is 0 Å². The lowest BCUT2D eigenvalue weighted by Crippen LogP contribution is -1.88. The van der Waals surface area contributed by atoms with Gasteiger partial charge in [0.05, 0.1) is 0 Å². The number of hydrogen-bond acceptors (Lipinski definition) is 1. The van der Waals surface area contributed by atoms with E-state index in [4.69, 9.17) is 12.2 Å². The first-order chi connectivity index (χ1) is 7.16. The number of pyridine rings is 1. The number of aryl methyl sites for hydroxylation is 1. The molecule has 0 bridgehead atoms. The Morgan fingerprint density at radius 2 is 2.00 bits per heavy atom. The summed E-state index contributed by atoms with van der Waals surface area (Å²) in [4.78, 5) is 3.06. The molecule has 76 valence electrons. The fraction of sp³-hybridized carbons (Fsp3) is 0.0833. The largest absolute Gasteiger partial charge is 0.361 e. The van der Waals surface area contributed by atoms with Crippen LogP contribution in [0.2, 0.25) is 0 Å². The zero-order chi connectivity index (χ0) is 10.8. The highest BCUT2D eigenvalue weighted by atomic mass is 32.1. The Bertz CT molecular complexity index is 545. The van der Waals surface area contributed by atoms with Crippen molar-refractivity contribution in [3.05, 3.63) is 52.4 Å². The number of H-pyrrole nitrogens is 1. The van der Waals surface area contributed by atoms with Gasteiger partial charge in [0.25, 0.3) is 0 Å². The van der Waals surface area contributed by atoms with E-state index >= 15 is 0 Å². The summed E-state index contributed by atoms with van der Waals surface area (Å²) in [6.45, 7) is 1.94. The van der Waals surface area contributed by atoms with Gasteiger partial charge in [0.15, 0.2) is 0 Å². The molecule has 1 heterocycles. The number of halogens is 1. The summed E-state index contributed by atoms with van der Waals surface area (Å²) in [5, 5.41) is 0. The van der Waals surface area contributed by atoms with Crippen LogP contribution in [-0.2, 0) is 0 Å². The first-order valence-corrected chi connectivity index (χ1v) is 5.03. The number of aromatic amines is 1. The SMILES string of the molecule is Cc1ccc(F)cc1-c1cc(=S)cc[nH]1. The van der Waals surface area contributed by atoms with Gasteiger partial charge in [-0.3, -0.25) is 0 Å². The molecule has 0 amide bonds. The first kappa shape index (κ1) is 10.1. The molecular weight excluding hydrogens is 209 g/mol. The van der Waals surface area contributed by atoms with Crippen molar-refractivity contribution in [1.82, 2.24) is 4.98 Å². The van der Waals surface area contributed by atoms with E-state index in [9.17, 15) is 4.39 Å². The molecule has 15 heavy (non-hydrogen) atoms. The second-order valence-corrected chi connectivity index (χ2v) is 3.87. The minimum absolute atomic E-state index is 0.237. The third kappa shape index (κ3) is 2.13. The third-order valence-electron chi connectivity index (χ3n) is 2.26. The standard InChI is InChI=1S/C12H10FNS/c1-8-2-3-9(13)6-11(8)12-7-10(15)4-5-14-12/h2-7H,1H3,(H,14,15).